The Balaban J connectivity index is 1.91. The molecule has 2 rings (SSSR count). The molecule has 0 unspecified atom stereocenters. The molecule has 2 aromatic rings. The number of likely N-dealkylation sites (N-methyl/N-ethyl adjacent to an activating group) is 1. The van der Waals surface area contributed by atoms with Gasteiger partial charge >= 0.3 is 0 Å². The summed E-state index contributed by atoms with van der Waals surface area (Å²) in [5.74, 6) is -0.361. The fourth-order valence-corrected chi connectivity index (χ4v) is 3.07. The number of hydrogen-bond donors (Lipinski definition) is 1. The summed E-state index contributed by atoms with van der Waals surface area (Å²) in [5, 5.41) is 6.45. The predicted molar refractivity (Wildman–Crippen MR) is 99.9 cm³/mol. The van der Waals surface area contributed by atoms with Crippen LogP contribution in [-0.2, 0) is 4.79 Å². The Hall–Kier alpha value is -2.34. The summed E-state index contributed by atoms with van der Waals surface area (Å²) in [4.78, 5) is 27.9. The standard InChI is InChI=1S/C18H23N3O2S/c1-4-21(5-2)16-8-6-15(7-9-16)19-17(22)12-20(3)18(23)14-10-11-24-13-14/h6-11,13H,4-5,12H2,1-3H3,(H,19,22). The van der Waals surface area contributed by atoms with E-state index in [2.05, 4.69) is 24.1 Å². The van der Waals surface area contributed by atoms with E-state index in [0.29, 0.717) is 5.56 Å². The molecule has 0 spiro atoms. The van der Waals surface area contributed by atoms with Crippen LogP contribution in [0.1, 0.15) is 24.2 Å². The summed E-state index contributed by atoms with van der Waals surface area (Å²) in [5.41, 5.74) is 2.47. The number of carbonyl (C=O) groups excluding carboxylic acids is 2. The molecule has 128 valence electrons. The second kappa shape index (κ2) is 8.49. The SMILES string of the molecule is CCN(CC)c1ccc(NC(=O)CN(C)C(=O)c2ccsc2)cc1. The molecule has 24 heavy (non-hydrogen) atoms. The van der Waals surface area contributed by atoms with E-state index in [9.17, 15) is 9.59 Å². The smallest absolute Gasteiger partial charge is 0.254 e. The maximum atomic E-state index is 12.1. The first-order valence-corrected chi connectivity index (χ1v) is 8.92. The average molecular weight is 345 g/mol. The van der Waals surface area contributed by atoms with Gasteiger partial charge in [-0.2, -0.15) is 11.3 Å². The molecule has 1 N–H and O–H groups in total. The molecular formula is C18H23N3O2S. The van der Waals surface area contributed by atoms with Crippen LogP contribution in [0.3, 0.4) is 0 Å². The normalized spacial score (nSPS) is 10.3. The lowest BCUT2D eigenvalue weighted by Crippen LogP contribution is -2.34. The lowest BCUT2D eigenvalue weighted by atomic mass is 10.2. The molecular weight excluding hydrogens is 322 g/mol. The van der Waals surface area contributed by atoms with E-state index in [-0.39, 0.29) is 18.4 Å². The molecule has 6 heteroatoms. The Bertz CT molecular complexity index is 664. The molecule has 0 saturated heterocycles. The highest BCUT2D eigenvalue weighted by molar-refractivity contribution is 7.08. The van der Waals surface area contributed by atoms with E-state index in [0.717, 1.165) is 24.5 Å². The van der Waals surface area contributed by atoms with Crippen LogP contribution in [0.2, 0.25) is 0 Å². The van der Waals surface area contributed by atoms with Gasteiger partial charge in [-0.25, -0.2) is 0 Å². The number of carbonyl (C=O) groups is 2. The molecule has 0 bridgehead atoms. The predicted octanol–water partition coefficient (Wildman–Crippen LogP) is 3.31. The molecule has 5 nitrogen and oxygen atoms in total. The van der Waals surface area contributed by atoms with Crippen LogP contribution in [0.5, 0.6) is 0 Å². The second-order valence-corrected chi connectivity index (χ2v) is 6.22. The topological polar surface area (TPSA) is 52.7 Å². The summed E-state index contributed by atoms with van der Waals surface area (Å²) < 4.78 is 0. The zero-order chi connectivity index (χ0) is 17.5. The van der Waals surface area contributed by atoms with Crippen LogP contribution in [-0.4, -0.2) is 43.4 Å². The van der Waals surface area contributed by atoms with Gasteiger partial charge in [0.2, 0.25) is 5.91 Å². The van der Waals surface area contributed by atoms with Gasteiger partial charge in [0.15, 0.2) is 0 Å². The van der Waals surface area contributed by atoms with Gasteiger partial charge in [-0.1, -0.05) is 0 Å². The number of benzene rings is 1. The van der Waals surface area contributed by atoms with Crippen molar-refractivity contribution in [1.82, 2.24) is 4.90 Å². The Morgan fingerprint density at radius 2 is 1.75 bits per heavy atom. The van der Waals surface area contributed by atoms with E-state index in [1.54, 1.807) is 18.5 Å². The van der Waals surface area contributed by atoms with Gasteiger partial charge in [-0.15, -0.1) is 0 Å². The second-order valence-electron chi connectivity index (χ2n) is 5.44. The monoisotopic (exact) mass is 345 g/mol. The molecule has 1 aromatic heterocycles. The van der Waals surface area contributed by atoms with Crippen molar-refractivity contribution in [3.63, 3.8) is 0 Å². The molecule has 0 aliphatic rings. The van der Waals surface area contributed by atoms with Crippen molar-refractivity contribution in [3.8, 4) is 0 Å². The molecule has 0 radical (unpaired) electrons. The van der Waals surface area contributed by atoms with Gasteiger partial charge in [0.1, 0.15) is 0 Å². The van der Waals surface area contributed by atoms with E-state index >= 15 is 0 Å². The van der Waals surface area contributed by atoms with Gasteiger partial charge in [-0.3, -0.25) is 9.59 Å². The van der Waals surface area contributed by atoms with Crippen molar-refractivity contribution in [2.24, 2.45) is 0 Å². The van der Waals surface area contributed by atoms with E-state index in [4.69, 9.17) is 0 Å². The van der Waals surface area contributed by atoms with Crippen LogP contribution in [0.15, 0.2) is 41.1 Å². The summed E-state index contributed by atoms with van der Waals surface area (Å²) in [6, 6.07) is 9.50. The first kappa shape index (κ1) is 18.0. The Morgan fingerprint density at radius 3 is 2.29 bits per heavy atom. The van der Waals surface area contributed by atoms with E-state index in [1.807, 2.05) is 29.6 Å². The third-order valence-electron chi connectivity index (χ3n) is 3.78. The van der Waals surface area contributed by atoms with Gasteiger partial charge < -0.3 is 15.1 Å². The zero-order valence-electron chi connectivity index (χ0n) is 14.3. The largest absolute Gasteiger partial charge is 0.372 e. The van der Waals surface area contributed by atoms with E-state index in [1.165, 1.54) is 16.2 Å². The fraction of sp³-hybridized carbons (Fsp3) is 0.333. The summed E-state index contributed by atoms with van der Waals surface area (Å²) >= 11 is 1.46. The third-order valence-corrected chi connectivity index (χ3v) is 4.46. The van der Waals surface area contributed by atoms with Crippen LogP contribution < -0.4 is 10.2 Å². The van der Waals surface area contributed by atoms with Crippen molar-refractivity contribution in [2.75, 3.05) is 36.9 Å². The van der Waals surface area contributed by atoms with Crippen LogP contribution >= 0.6 is 11.3 Å². The highest BCUT2D eigenvalue weighted by Gasteiger charge is 2.15. The summed E-state index contributed by atoms with van der Waals surface area (Å²) in [6.45, 7) is 6.13. The minimum Gasteiger partial charge on any atom is -0.372 e. The van der Waals surface area contributed by atoms with Crippen LogP contribution in [0, 0.1) is 0 Å². The Morgan fingerprint density at radius 1 is 1.08 bits per heavy atom. The van der Waals surface area contributed by atoms with Crippen molar-refractivity contribution < 1.29 is 9.59 Å². The zero-order valence-corrected chi connectivity index (χ0v) is 15.1. The Kier molecular flexibility index (Phi) is 6.37. The fourth-order valence-electron chi connectivity index (χ4n) is 2.44. The summed E-state index contributed by atoms with van der Waals surface area (Å²) in [6.07, 6.45) is 0. The van der Waals surface area contributed by atoms with Crippen LogP contribution in [0.4, 0.5) is 11.4 Å². The maximum Gasteiger partial charge on any atom is 0.254 e. The number of amides is 2. The highest BCUT2D eigenvalue weighted by atomic mass is 32.1. The minimum absolute atomic E-state index is 0.0203. The number of rotatable bonds is 7. The lowest BCUT2D eigenvalue weighted by Gasteiger charge is -2.21. The average Bonchev–Trinajstić information content (AvgIpc) is 3.11. The van der Waals surface area contributed by atoms with Crippen LogP contribution in [0.25, 0.3) is 0 Å². The molecule has 1 aromatic carbocycles. The number of nitrogens with zero attached hydrogens (tertiary/aromatic N) is 2. The molecule has 0 aliphatic carbocycles. The first-order valence-electron chi connectivity index (χ1n) is 7.97. The number of thiophene rings is 1. The number of hydrogen-bond acceptors (Lipinski definition) is 4. The van der Waals surface area contributed by atoms with Crippen molar-refractivity contribution in [3.05, 3.63) is 46.7 Å². The molecule has 1 heterocycles. The van der Waals surface area contributed by atoms with Crippen molar-refractivity contribution >= 4 is 34.5 Å². The first-order chi connectivity index (χ1) is 11.5. The molecule has 0 atom stereocenters. The van der Waals surface area contributed by atoms with Crippen molar-refractivity contribution in [1.29, 1.82) is 0 Å². The van der Waals surface area contributed by atoms with Gasteiger partial charge in [0, 0.05) is 36.9 Å². The summed E-state index contributed by atoms with van der Waals surface area (Å²) in [7, 11) is 1.63. The third kappa shape index (κ3) is 4.58. The van der Waals surface area contributed by atoms with Gasteiger partial charge in [0.05, 0.1) is 12.1 Å². The van der Waals surface area contributed by atoms with Gasteiger partial charge in [0.25, 0.3) is 5.91 Å². The maximum absolute atomic E-state index is 12.1. The van der Waals surface area contributed by atoms with Crippen molar-refractivity contribution in [2.45, 2.75) is 13.8 Å². The Labute approximate surface area is 146 Å². The highest BCUT2D eigenvalue weighted by Crippen LogP contribution is 2.17. The molecule has 0 saturated carbocycles. The lowest BCUT2D eigenvalue weighted by molar-refractivity contribution is -0.116. The number of nitrogens with one attached hydrogen (secondary N) is 1. The molecule has 0 fully saturated rings. The van der Waals surface area contributed by atoms with Gasteiger partial charge in [-0.05, 0) is 49.6 Å². The molecule has 0 aliphatic heterocycles. The van der Waals surface area contributed by atoms with E-state index < -0.39 is 0 Å². The minimum atomic E-state index is -0.211. The number of anilines is 2. The quantitative estimate of drug-likeness (QED) is 0.838. The molecule has 2 amide bonds.